The number of aliphatic hydroxyl groups excluding tert-OH is 1. The number of sulfonamides is 1. The average Bonchev–Trinajstić information content (AvgIpc) is 2.44. The maximum Gasteiger partial charge on any atom is 0.261 e. The number of halogens is 1. The van der Waals surface area contributed by atoms with Crippen LogP contribution in [-0.4, -0.2) is 13.5 Å². The zero-order valence-corrected chi connectivity index (χ0v) is 12.5. The quantitative estimate of drug-likeness (QED) is 0.912. The van der Waals surface area contributed by atoms with Crippen LogP contribution in [0.4, 0.5) is 10.1 Å². The van der Waals surface area contributed by atoms with E-state index in [1.807, 2.05) is 0 Å². The Morgan fingerprint density at radius 3 is 2.43 bits per heavy atom. The van der Waals surface area contributed by atoms with E-state index in [2.05, 4.69) is 4.72 Å². The molecule has 0 atom stereocenters. The summed E-state index contributed by atoms with van der Waals surface area (Å²) in [5.74, 6) is -0.451. The van der Waals surface area contributed by atoms with Gasteiger partial charge in [-0.15, -0.1) is 0 Å². The lowest BCUT2D eigenvalue weighted by atomic mass is 10.1. The Balaban J connectivity index is 2.39. The van der Waals surface area contributed by atoms with Gasteiger partial charge in [0.15, 0.2) is 0 Å². The summed E-state index contributed by atoms with van der Waals surface area (Å²) in [7, 11) is -3.80. The number of benzene rings is 2. The molecule has 0 saturated heterocycles. The summed E-state index contributed by atoms with van der Waals surface area (Å²) in [5, 5.41) is 9.12. The van der Waals surface area contributed by atoms with Gasteiger partial charge in [-0.1, -0.05) is 12.1 Å². The molecule has 2 N–H and O–H groups in total. The maximum atomic E-state index is 13.2. The van der Waals surface area contributed by atoms with Gasteiger partial charge in [0.25, 0.3) is 10.0 Å². The van der Waals surface area contributed by atoms with E-state index >= 15 is 0 Å². The third-order valence-corrected chi connectivity index (χ3v) is 4.53. The van der Waals surface area contributed by atoms with E-state index < -0.39 is 15.8 Å². The second kappa shape index (κ2) is 5.83. The average molecular weight is 309 g/mol. The first-order valence-electron chi connectivity index (χ1n) is 6.33. The molecule has 0 unspecified atom stereocenters. The third-order valence-electron chi connectivity index (χ3n) is 3.17. The highest BCUT2D eigenvalue weighted by molar-refractivity contribution is 7.92. The second-order valence-corrected chi connectivity index (χ2v) is 6.51. The number of hydrogen-bond donors (Lipinski definition) is 2. The van der Waals surface area contributed by atoms with Crippen molar-refractivity contribution in [2.24, 2.45) is 0 Å². The molecule has 6 heteroatoms. The van der Waals surface area contributed by atoms with Crippen LogP contribution in [0.3, 0.4) is 0 Å². The molecule has 2 rings (SSSR count). The van der Waals surface area contributed by atoms with E-state index in [9.17, 15) is 12.8 Å². The fraction of sp³-hybridized carbons (Fsp3) is 0.200. The number of nitrogens with one attached hydrogen (secondary N) is 1. The van der Waals surface area contributed by atoms with Crippen molar-refractivity contribution in [2.45, 2.75) is 25.3 Å². The molecule has 0 amide bonds. The van der Waals surface area contributed by atoms with Gasteiger partial charge in [0.05, 0.1) is 17.2 Å². The Hall–Kier alpha value is -1.92. The molecule has 0 fully saturated rings. The van der Waals surface area contributed by atoms with Crippen molar-refractivity contribution in [3.05, 3.63) is 58.9 Å². The molecule has 0 spiro atoms. The summed E-state index contributed by atoms with van der Waals surface area (Å²) in [6.45, 7) is 3.09. The van der Waals surface area contributed by atoms with Crippen molar-refractivity contribution in [3.8, 4) is 0 Å². The van der Waals surface area contributed by atoms with E-state index in [0.717, 1.165) is 11.6 Å². The van der Waals surface area contributed by atoms with Gasteiger partial charge >= 0.3 is 0 Å². The van der Waals surface area contributed by atoms with Crippen LogP contribution in [0.25, 0.3) is 0 Å². The molecular weight excluding hydrogens is 293 g/mol. The largest absolute Gasteiger partial charge is 0.392 e. The predicted octanol–water partition coefficient (Wildman–Crippen LogP) is 2.74. The smallest absolute Gasteiger partial charge is 0.261 e. The van der Waals surface area contributed by atoms with Crippen LogP contribution >= 0.6 is 0 Å². The molecular formula is C15H16FNO3S. The lowest BCUT2D eigenvalue weighted by Gasteiger charge is -2.12. The zero-order chi connectivity index (χ0) is 15.6. The Morgan fingerprint density at radius 2 is 1.81 bits per heavy atom. The Bertz CT molecular complexity index is 772. The Morgan fingerprint density at radius 1 is 1.10 bits per heavy atom. The Kier molecular flexibility index (Phi) is 4.29. The predicted molar refractivity (Wildman–Crippen MR) is 79.0 cm³/mol. The van der Waals surface area contributed by atoms with Crippen molar-refractivity contribution < 1.29 is 17.9 Å². The van der Waals surface area contributed by atoms with Gasteiger partial charge in [-0.25, -0.2) is 12.8 Å². The minimum absolute atomic E-state index is 0.00444. The first kappa shape index (κ1) is 15.5. The SMILES string of the molecule is Cc1cc(S(=O)(=O)Nc2cc(CO)ccc2C)ccc1F. The van der Waals surface area contributed by atoms with Crippen LogP contribution in [0.15, 0.2) is 41.3 Å². The minimum atomic E-state index is -3.80. The van der Waals surface area contributed by atoms with Gasteiger partial charge in [0.2, 0.25) is 0 Å². The third kappa shape index (κ3) is 3.40. The number of anilines is 1. The standard InChI is InChI=1S/C15H16FNO3S/c1-10-3-4-12(9-18)8-15(10)17-21(19,20)13-5-6-14(16)11(2)7-13/h3-8,17-18H,9H2,1-2H3. The van der Waals surface area contributed by atoms with Crippen molar-refractivity contribution in [1.29, 1.82) is 0 Å². The zero-order valence-electron chi connectivity index (χ0n) is 11.7. The van der Waals surface area contributed by atoms with Gasteiger partial charge < -0.3 is 5.11 Å². The fourth-order valence-electron chi connectivity index (χ4n) is 1.87. The van der Waals surface area contributed by atoms with Crippen molar-refractivity contribution >= 4 is 15.7 Å². The molecule has 2 aromatic rings. The fourth-order valence-corrected chi connectivity index (χ4v) is 3.07. The van der Waals surface area contributed by atoms with Crippen LogP contribution in [0.2, 0.25) is 0 Å². The molecule has 21 heavy (non-hydrogen) atoms. The van der Waals surface area contributed by atoms with Crippen LogP contribution in [0.5, 0.6) is 0 Å². The molecule has 0 saturated carbocycles. The Labute approximate surface area is 123 Å². The normalized spacial score (nSPS) is 11.4. The molecule has 0 radical (unpaired) electrons. The number of aliphatic hydroxyl groups is 1. The summed E-state index contributed by atoms with van der Waals surface area (Å²) < 4.78 is 40.3. The maximum absolute atomic E-state index is 13.2. The minimum Gasteiger partial charge on any atom is -0.392 e. The lowest BCUT2D eigenvalue weighted by Crippen LogP contribution is -2.14. The van der Waals surface area contributed by atoms with Gasteiger partial charge in [0, 0.05) is 0 Å². The molecule has 4 nitrogen and oxygen atoms in total. The molecule has 0 bridgehead atoms. The van der Waals surface area contributed by atoms with Crippen molar-refractivity contribution in [2.75, 3.05) is 4.72 Å². The topological polar surface area (TPSA) is 66.4 Å². The van der Waals surface area contributed by atoms with E-state index in [1.165, 1.54) is 19.1 Å². The van der Waals surface area contributed by atoms with Gasteiger partial charge in [-0.05, 0) is 54.8 Å². The lowest BCUT2D eigenvalue weighted by molar-refractivity contribution is 0.282. The summed E-state index contributed by atoms with van der Waals surface area (Å²) in [6.07, 6.45) is 0. The summed E-state index contributed by atoms with van der Waals surface area (Å²) in [5.41, 5.74) is 1.99. The highest BCUT2D eigenvalue weighted by Crippen LogP contribution is 2.22. The van der Waals surface area contributed by atoms with E-state index in [4.69, 9.17) is 5.11 Å². The molecule has 112 valence electrons. The first-order valence-corrected chi connectivity index (χ1v) is 7.81. The van der Waals surface area contributed by atoms with Crippen molar-refractivity contribution in [1.82, 2.24) is 0 Å². The number of rotatable bonds is 4. The summed E-state index contributed by atoms with van der Waals surface area (Å²) in [6, 6.07) is 8.64. The van der Waals surface area contributed by atoms with Crippen LogP contribution in [0.1, 0.15) is 16.7 Å². The van der Waals surface area contributed by atoms with Gasteiger partial charge in [0.1, 0.15) is 5.82 Å². The van der Waals surface area contributed by atoms with Gasteiger partial charge in [-0.3, -0.25) is 4.72 Å². The molecule has 0 aliphatic rings. The molecule has 2 aromatic carbocycles. The molecule has 0 aromatic heterocycles. The van der Waals surface area contributed by atoms with E-state index in [-0.39, 0.29) is 17.1 Å². The first-order chi connectivity index (χ1) is 9.83. The highest BCUT2D eigenvalue weighted by atomic mass is 32.2. The van der Waals surface area contributed by atoms with Crippen LogP contribution in [-0.2, 0) is 16.6 Å². The van der Waals surface area contributed by atoms with Gasteiger partial charge in [-0.2, -0.15) is 0 Å². The van der Waals surface area contributed by atoms with E-state index in [1.54, 1.807) is 25.1 Å². The second-order valence-electron chi connectivity index (χ2n) is 4.82. The van der Waals surface area contributed by atoms with Crippen LogP contribution in [0, 0.1) is 19.7 Å². The van der Waals surface area contributed by atoms with E-state index in [0.29, 0.717) is 11.3 Å². The number of aryl methyl sites for hydroxylation is 2. The number of hydrogen-bond acceptors (Lipinski definition) is 3. The molecule has 0 heterocycles. The highest BCUT2D eigenvalue weighted by Gasteiger charge is 2.16. The van der Waals surface area contributed by atoms with Crippen molar-refractivity contribution in [3.63, 3.8) is 0 Å². The summed E-state index contributed by atoms with van der Waals surface area (Å²) >= 11 is 0. The monoisotopic (exact) mass is 309 g/mol. The molecule has 0 aliphatic heterocycles. The molecule has 0 aliphatic carbocycles. The summed E-state index contributed by atoms with van der Waals surface area (Å²) in [4.78, 5) is -0.00444. The van der Waals surface area contributed by atoms with Crippen LogP contribution < -0.4 is 4.72 Å².